The molecule has 162 valence electrons. The van der Waals surface area contributed by atoms with E-state index in [2.05, 4.69) is 69.6 Å². The SMILES string of the molecule is O=C(CC1c2ccccc2-c2c(-c3cnc4[nH]ccc4c3)cccc21)c1ccnc2c1C=CC2. The van der Waals surface area contributed by atoms with Crippen LogP contribution in [0.2, 0.25) is 0 Å². The van der Waals surface area contributed by atoms with Gasteiger partial charge in [0, 0.05) is 59.4 Å². The topological polar surface area (TPSA) is 58.6 Å². The number of fused-ring (bicyclic) bond motifs is 5. The van der Waals surface area contributed by atoms with Crippen LogP contribution in [0.1, 0.15) is 45.1 Å². The number of pyridine rings is 2. The van der Waals surface area contributed by atoms with Crippen LogP contribution in [-0.2, 0) is 6.42 Å². The molecule has 0 radical (unpaired) electrons. The summed E-state index contributed by atoms with van der Waals surface area (Å²) in [6.07, 6.45) is 11.0. The van der Waals surface area contributed by atoms with Crippen molar-refractivity contribution in [2.75, 3.05) is 0 Å². The summed E-state index contributed by atoms with van der Waals surface area (Å²) in [6.45, 7) is 0. The number of H-pyrrole nitrogens is 1. The fourth-order valence-electron chi connectivity index (χ4n) is 5.60. The number of nitrogens with one attached hydrogen (secondary N) is 1. The zero-order chi connectivity index (χ0) is 22.6. The van der Waals surface area contributed by atoms with Crippen LogP contribution in [0.3, 0.4) is 0 Å². The molecule has 0 saturated carbocycles. The van der Waals surface area contributed by atoms with E-state index in [1.54, 1.807) is 6.20 Å². The first kappa shape index (κ1) is 19.2. The van der Waals surface area contributed by atoms with Gasteiger partial charge >= 0.3 is 0 Å². The molecule has 3 aromatic heterocycles. The van der Waals surface area contributed by atoms with E-state index < -0.39 is 0 Å². The molecule has 0 fully saturated rings. The molecule has 0 bridgehead atoms. The molecule has 0 amide bonds. The van der Waals surface area contributed by atoms with Gasteiger partial charge in [0.2, 0.25) is 0 Å². The van der Waals surface area contributed by atoms with E-state index in [9.17, 15) is 4.79 Å². The Morgan fingerprint density at radius 3 is 2.82 bits per heavy atom. The van der Waals surface area contributed by atoms with Crippen LogP contribution in [-0.4, -0.2) is 20.7 Å². The number of allylic oxidation sites excluding steroid dienone is 1. The summed E-state index contributed by atoms with van der Waals surface area (Å²) >= 11 is 0. The van der Waals surface area contributed by atoms with Crippen molar-refractivity contribution < 1.29 is 4.79 Å². The number of aromatic amines is 1. The van der Waals surface area contributed by atoms with Gasteiger partial charge in [0.05, 0.1) is 5.69 Å². The third-order valence-electron chi connectivity index (χ3n) is 7.15. The molecular formula is C30H21N3O. The van der Waals surface area contributed by atoms with E-state index in [1.807, 2.05) is 30.6 Å². The maximum atomic E-state index is 13.6. The first-order valence-corrected chi connectivity index (χ1v) is 11.6. The Kier molecular flexibility index (Phi) is 4.15. The van der Waals surface area contributed by atoms with Gasteiger partial charge in [0.1, 0.15) is 5.65 Å². The van der Waals surface area contributed by atoms with Crippen molar-refractivity contribution >= 4 is 22.9 Å². The second-order valence-corrected chi connectivity index (χ2v) is 9.00. The lowest BCUT2D eigenvalue weighted by Gasteiger charge is -2.15. The summed E-state index contributed by atoms with van der Waals surface area (Å²) in [7, 11) is 0. The molecule has 3 heterocycles. The number of nitrogens with zero attached hydrogens (tertiary/aromatic N) is 2. The zero-order valence-corrected chi connectivity index (χ0v) is 18.5. The molecule has 7 rings (SSSR count). The van der Waals surface area contributed by atoms with Crippen LogP contribution in [0.5, 0.6) is 0 Å². The lowest BCUT2D eigenvalue weighted by Crippen LogP contribution is -2.09. The van der Waals surface area contributed by atoms with Gasteiger partial charge in [-0.3, -0.25) is 9.78 Å². The normalized spacial score (nSPS) is 15.4. The van der Waals surface area contributed by atoms with Gasteiger partial charge in [0.25, 0.3) is 0 Å². The average Bonchev–Trinajstić information content (AvgIpc) is 3.61. The summed E-state index contributed by atoms with van der Waals surface area (Å²) in [4.78, 5) is 25.8. The average molecular weight is 440 g/mol. The lowest BCUT2D eigenvalue weighted by atomic mass is 9.88. The van der Waals surface area contributed by atoms with E-state index in [4.69, 9.17) is 0 Å². The fraction of sp³-hybridized carbons (Fsp3) is 0.100. The van der Waals surface area contributed by atoms with Crippen molar-refractivity contribution in [3.05, 3.63) is 113 Å². The number of benzene rings is 2. The van der Waals surface area contributed by atoms with Crippen LogP contribution in [0.4, 0.5) is 0 Å². The molecule has 0 saturated heterocycles. The highest BCUT2D eigenvalue weighted by atomic mass is 16.1. The predicted molar refractivity (Wildman–Crippen MR) is 135 cm³/mol. The molecule has 5 aromatic rings. The van der Waals surface area contributed by atoms with Crippen molar-refractivity contribution in [3.8, 4) is 22.3 Å². The van der Waals surface area contributed by atoms with Crippen LogP contribution >= 0.6 is 0 Å². The smallest absolute Gasteiger partial charge is 0.164 e. The Morgan fingerprint density at radius 2 is 1.85 bits per heavy atom. The quantitative estimate of drug-likeness (QED) is 0.322. The van der Waals surface area contributed by atoms with Crippen LogP contribution in [0.15, 0.2) is 85.3 Å². The minimum Gasteiger partial charge on any atom is -0.346 e. The zero-order valence-electron chi connectivity index (χ0n) is 18.5. The van der Waals surface area contributed by atoms with E-state index in [1.165, 1.54) is 22.3 Å². The molecule has 1 N–H and O–H groups in total. The Bertz CT molecular complexity index is 1640. The second-order valence-electron chi connectivity index (χ2n) is 9.00. The van der Waals surface area contributed by atoms with E-state index in [0.29, 0.717) is 6.42 Å². The van der Waals surface area contributed by atoms with Gasteiger partial charge in [-0.1, -0.05) is 54.6 Å². The Hall–Kier alpha value is -4.31. The fourth-order valence-corrected chi connectivity index (χ4v) is 5.60. The molecule has 4 nitrogen and oxygen atoms in total. The summed E-state index contributed by atoms with van der Waals surface area (Å²) in [5.74, 6) is 0.190. The second kappa shape index (κ2) is 7.35. The number of carbonyl (C=O) groups excluding carboxylic acids is 1. The standard InChI is InChI=1S/C30H21N3O/c34-28(23-12-14-31-27-10-4-8-22(23)27)16-26-21-5-1-2-6-24(21)29-20(7-3-9-25(26)29)19-15-18-11-13-32-30(18)33-17-19/h1-9,11-15,17,26H,10,16H2,(H,32,33). The van der Waals surface area contributed by atoms with Crippen molar-refractivity contribution in [1.82, 2.24) is 15.0 Å². The molecule has 0 spiro atoms. The van der Waals surface area contributed by atoms with E-state index in [0.717, 1.165) is 45.4 Å². The van der Waals surface area contributed by atoms with Crippen molar-refractivity contribution in [2.45, 2.75) is 18.8 Å². The Balaban J connectivity index is 1.35. The van der Waals surface area contributed by atoms with Gasteiger partial charge in [-0.05, 0) is 46.0 Å². The van der Waals surface area contributed by atoms with Gasteiger partial charge in [-0.15, -0.1) is 0 Å². The number of rotatable bonds is 4. The van der Waals surface area contributed by atoms with Crippen molar-refractivity contribution in [1.29, 1.82) is 0 Å². The number of aromatic nitrogens is 3. The molecule has 1 unspecified atom stereocenters. The number of hydrogen-bond donors (Lipinski definition) is 1. The molecule has 34 heavy (non-hydrogen) atoms. The Labute approximate surface area is 197 Å². The van der Waals surface area contributed by atoms with Crippen LogP contribution < -0.4 is 0 Å². The van der Waals surface area contributed by atoms with Crippen molar-refractivity contribution in [2.24, 2.45) is 0 Å². The third-order valence-corrected chi connectivity index (χ3v) is 7.15. The molecule has 2 aromatic carbocycles. The maximum Gasteiger partial charge on any atom is 0.164 e. The highest BCUT2D eigenvalue weighted by Gasteiger charge is 2.33. The molecule has 2 aliphatic carbocycles. The number of hydrogen-bond acceptors (Lipinski definition) is 3. The van der Waals surface area contributed by atoms with Gasteiger partial charge < -0.3 is 4.98 Å². The molecule has 0 aliphatic heterocycles. The van der Waals surface area contributed by atoms with Crippen LogP contribution in [0.25, 0.3) is 39.4 Å². The largest absolute Gasteiger partial charge is 0.346 e. The summed E-state index contributed by atoms with van der Waals surface area (Å²) < 4.78 is 0. The minimum absolute atomic E-state index is 0.0248. The van der Waals surface area contributed by atoms with Crippen molar-refractivity contribution in [3.63, 3.8) is 0 Å². The third kappa shape index (κ3) is 2.82. The molecule has 4 heteroatoms. The molecule has 1 atom stereocenters. The number of carbonyl (C=O) groups is 1. The number of ketones is 1. The van der Waals surface area contributed by atoms with Gasteiger partial charge in [-0.2, -0.15) is 0 Å². The first-order valence-electron chi connectivity index (χ1n) is 11.6. The summed E-state index contributed by atoms with van der Waals surface area (Å²) in [5, 5.41) is 1.09. The first-order chi connectivity index (χ1) is 16.8. The predicted octanol–water partition coefficient (Wildman–Crippen LogP) is 6.58. The molecular weight excluding hydrogens is 418 g/mol. The maximum absolute atomic E-state index is 13.6. The highest BCUT2D eigenvalue weighted by Crippen LogP contribution is 2.50. The minimum atomic E-state index is 0.0248. The highest BCUT2D eigenvalue weighted by molar-refractivity contribution is 6.02. The lowest BCUT2D eigenvalue weighted by molar-refractivity contribution is 0.0977. The number of Topliss-reactive ketones (excluding diaryl/α,β-unsaturated/α-hetero) is 1. The van der Waals surface area contributed by atoms with Crippen LogP contribution in [0, 0.1) is 0 Å². The summed E-state index contributed by atoms with van der Waals surface area (Å²) in [5.41, 5.74) is 10.7. The Morgan fingerprint density at radius 1 is 0.971 bits per heavy atom. The summed E-state index contributed by atoms with van der Waals surface area (Å²) in [6, 6.07) is 21.0. The monoisotopic (exact) mass is 439 g/mol. The van der Waals surface area contributed by atoms with E-state index in [-0.39, 0.29) is 11.7 Å². The van der Waals surface area contributed by atoms with Gasteiger partial charge in [-0.25, -0.2) is 4.98 Å². The molecule has 2 aliphatic rings. The van der Waals surface area contributed by atoms with Gasteiger partial charge in [0.15, 0.2) is 5.78 Å². The van der Waals surface area contributed by atoms with E-state index >= 15 is 0 Å².